The van der Waals surface area contributed by atoms with E-state index in [0.717, 1.165) is 23.6 Å². The van der Waals surface area contributed by atoms with Gasteiger partial charge in [0.25, 0.3) is 5.91 Å². The molecule has 0 fully saturated rings. The average molecular weight is 295 g/mol. The summed E-state index contributed by atoms with van der Waals surface area (Å²) >= 11 is 1.61. The van der Waals surface area contributed by atoms with E-state index in [2.05, 4.69) is 15.4 Å². The van der Waals surface area contributed by atoms with Crippen molar-refractivity contribution in [3.8, 4) is 0 Å². The van der Waals surface area contributed by atoms with Crippen LogP contribution in [0.1, 0.15) is 24.6 Å². The maximum Gasteiger partial charge on any atom is 0.267 e. The average Bonchev–Trinajstić information content (AvgIpc) is 3.03. The molecule has 0 radical (unpaired) electrons. The monoisotopic (exact) mass is 295 g/mol. The summed E-state index contributed by atoms with van der Waals surface area (Å²) in [5, 5.41) is 8.99. The van der Waals surface area contributed by atoms with Crippen LogP contribution in [0.3, 0.4) is 0 Å². The minimum atomic E-state index is -0.878. The van der Waals surface area contributed by atoms with Gasteiger partial charge in [-0.1, -0.05) is 11.2 Å². The summed E-state index contributed by atoms with van der Waals surface area (Å²) in [5.74, 6) is -0.0911. The van der Waals surface area contributed by atoms with Gasteiger partial charge in [0, 0.05) is 13.0 Å². The molecule has 1 N–H and O–H groups in total. The van der Waals surface area contributed by atoms with Crippen LogP contribution in [0.5, 0.6) is 0 Å². The van der Waals surface area contributed by atoms with Gasteiger partial charge < -0.3 is 15.1 Å². The molecule has 2 heterocycles. The number of carbonyl (C=O) groups excluding carboxylic acids is 1. The molecule has 1 aromatic heterocycles. The van der Waals surface area contributed by atoms with E-state index < -0.39 is 5.60 Å². The molecule has 0 spiro atoms. The summed E-state index contributed by atoms with van der Waals surface area (Å²) < 4.78 is 0. The molecule has 1 aromatic rings. The van der Waals surface area contributed by atoms with Gasteiger partial charge >= 0.3 is 0 Å². The minimum absolute atomic E-state index is 0.0911. The molecule has 0 saturated carbocycles. The van der Waals surface area contributed by atoms with Crippen molar-refractivity contribution in [2.24, 2.45) is 5.16 Å². The van der Waals surface area contributed by atoms with Crippen LogP contribution in [-0.4, -0.2) is 49.3 Å². The van der Waals surface area contributed by atoms with Crippen LogP contribution >= 0.6 is 11.3 Å². The SMILES string of the molecule is CN(C)CCCNC(=O)[C@]1(C)CC(c2cccs2)=NO1. The molecule has 1 aliphatic heterocycles. The first kappa shape index (κ1) is 15.0. The molecular weight excluding hydrogens is 274 g/mol. The molecule has 5 nitrogen and oxygen atoms in total. The third-order valence-electron chi connectivity index (χ3n) is 3.22. The lowest BCUT2D eigenvalue weighted by Gasteiger charge is -2.20. The normalized spacial score (nSPS) is 21.7. The van der Waals surface area contributed by atoms with Gasteiger partial charge in [0.2, 0.25) is 5.60 Å². The second-order valence-corrected chi connectivity index (χ2v) is 6.37. The Bertz CT molecular complexity index is 485. The molecule has 20 heavy (non-hydrogen) atoms. The predicted molar refractivity (Wildman–Crippen MR) is 81.1 cm³/mol. The molecular formula is C14H21N3O2S. The second kappa shape index (κ2) is 6.37. The Morgan fingerprint density at radius 3 is 3.05 bits per heavy atom. The summed E-state index contributed by atoms with van der Waals surface area (Å²) in [6.45, 7) is 3.40. The number of oxime groups is 1. The zero-order chi connectivity index (χ0) is 14.6. The summed E-state index contributed by atoms with van der Waals surface area (Å²) in [7, 11) is 4.04. The molecule has 0 unspecified atom stereocenters. The number of hydrogen-bond donors (Lipinski definition) is 1. The highest BCUT2D eigenvalue weighted by Crippen LogP contribution is 2.28. The molecule has 0 saturated heterocycles. The van der Waals surface area contributed by atoms with Gasteiger partial charge in [0.1, 0.15) is 5.71 Å². The van der Waals surface area contributed by atoms with Gasteiger partial charge in [0.15, 0.2) is 0 Å². The van der Waals surface area contributed by atoms with Crippen LogP contribution in [0.2, 0.25) is 0 Å². The van der Waals surface area contributed by atoms with Crippen molar-refractivity contribution in [2.75, 3.05) is 27.2 Å². The number of amides is 1. The maximum absolute atomic E-state index is 12.2. The van der Waals surface area contributed by atoms with Crippen molar-refractivity contribution in [1.82, 2.24) is 10.2 Å². The van der Waals surface area contributed by atoms with Crippen molar-refractivity contribution in [2.45, 2.75) is 25.4 Å². The first-order valence-corrected chi connectivity index (χ1v) is 7.61. The highest BCUT2D eigenvalue weighted by atomic mass is 32.1. The van der Waals surface area contributed by atoms with Gasteiger partial charge in [-0.3, -0.25) is 4.79 Å². The van der Waals surface area contributed by atoms with E-state index in [1.165, 1.54) is 0 Å². The van der Waals surface area contributed by atoms with Gasteiger partial charge in [-0.25, -0.2) is 0 Å². The van der Waals surface area contributed by atoms with Crippen molar-refractivity contribution in [3.05, 3.63) is 22.4 Å². The van der Waals surface area contributed by atoms with Crippen LogP contribution in [0.4, 0.5) is 0 Å². The van der Waals surface area contributed by atoms with Crippen molar-refractivity contribution < 1.29 is 9.63 Å². The largest absolute Gasteiger partial charge is 0.379 e. The number of rotatable bonds is 6. The molecule has 0 aliphatic carbocycles. The number of nitrogens with one attached hydrogen (secondary N) is 1. The van der Waals surface area contributed by atoms with Gasteiger partial charge in [-0.15, -0.1) is 11.3 Å². The van der Waals surface area contributed by atoms with Gasteiger partial charge in [-0.05, 0) is 45.4 Å². The fourth-order valence-corrected chi connectivity index (χ4v) is 2.73. The third kappa shape index (κ3) is 3.58. The molecule has 1 aliphatic rings. The first-order valence-electron chi connectivity index (χ1n) is 6.73. The number of carbonyl (C=O) groups is 1. The molecule has 110 valence electrons. The van der Waals surface area contributed by atoms with Crippen molar-refractivity contribution in [1.29, 1.82) is 0 Å². The van der Waals surface area contributed by atoms with E-state index >= 15 is 0 Å². The van der Waals surface area contributed by atoms with E-state index in [1.54, 1.807) is 18.3 Å². The maximum atomic E-state index is 12.2. The van der Waals surface area contributed by atoms with E-state index in [0.29, 0.717) is 13.0 Å². The fourth-order valence-electron chi connectivity index (χ4n) is 2.02. The van der Waals surface area contributed by atoms with Crippen LogP contribution in [0, 0.1) is 0 Å². The zero-order valence-corrected chi connectivity index (χ0v) is 13.0. The van der Waals surface area contributed by atoms with Gasteiger partial charge in [0.05, 0.1) is 4.88 Å². The van der Waals surface area contributed by atoms with E-state index in [9.17, 15) is 4.79 Å². The number of thiophene rings is 1. The Labute approximate surface area is 123 Å². The Kier molecular flexibility index (Phi) is 4.77. The summed E-state index contributed by atoms with van der Waals surface area (Å²) in [6, 6.07) is 3.97. The molecule has 1 atom stereocenters. The lowest BCUT2D eigenvalue weighted by Crippen LogP contribution is -2.45. The van der Waals surface area contributed by atoms with Crippen molar-refractivity contribution >= 4 is 23.0 Å². The van der Waals surface area contributed by atoms with Crippen LogP contribution in [0.15, 0.2) is 22.7 Å². The zero-order valence-electron chi connectivity index (χ0n) is 12.2. The number of hydrogen-bond acceptors (Lipinski definition) is 5. The van der Waals surface area contributed by atoms with Crippen LogP contribution in [0.25, 0.3) is 0 Å². The quantitative estimate of drug-likeness (QED) is 0.813. The minimum Gasteiger partial charge on any atom is -0.379 e. The van der Waals surface area contributed by atoms with Crippen LogP contribution < -0.4 is 5.32 Å². The Morgan fingerprint density at radius 1 is 1.60 bits per heavy atom. The Hall–Kier alpha value is -1.40. The lowest BCUT2D eigenvalue weighted by molar-refractivity contribution is -0.141. The predicted octanol–water partition coefficient (Wildman–Crippen LogP) is 1.70. The van der Waals surface area contributed by atoms with E-state index in [-0.39, 0.29) is 5.91 Å². The number of nitrogens with zero attached hydrogens (tertiary/aromatic N) is 2. The lowest BCUT2D eigenvalue weighted by atomic mass is 9.98. The molecule has 1 amide bonds. The van der Waals surface area contributed by atoms with Crippen LogP contribution in [-0.2, 0) is 9.63 Å². The molecule has 0 aromatic carbocycles. The first-order chi connectivity index (χ1) is 9.51. The van der Waals surface area contributed by atoms with Gasteiger partial charge in [-0.2, -0.15) is 0 Å². The highest BCUT2D eigenvalue weighted by molar-refractivity contribution is 7.12. The highest BCUT2D eigenvalue weighted by Gasteiger charge is 2.42. The van der Waals surface area contributed by atoms with E-state index in [1.807, 2.05) is 31.6 Å². The molecule has 2 rings (SSSR count). The summed E-state index contributed by atoms with van der Waals surface area (Å²) in [5.41, 5.74) is -0.0248. The van der Waals surface area contributed by atoms with Crippen molar-refractivity contribution in [3.63, 3.8) is 0 Å². The second-order valence-electron chi connectivity index (χ2n) is 5.43. The summed E-state index contributed by atoms with van der Waals surface area (Å²) in [6.07, 6.45) is 1.44. The topological polar surface area (TPSA) is 53.9 Å². The smallest absolute Gasteiger partial charge is 0.267 e. The standard InChI is InChI=1S/C14H21N3O2S/c1-14(13(18)15-7-5-8-17(2)3)10-11(16-19-14)12-6-4-9-20-12/h4,6,9H,5,7-8,10H2,1-3H3,(H,15,18)/t14-/m0/s1. The Morgan fingerprint density at radius 2 is 2.40 bits per heavy atom. The summed E-state index contributed by atoms with van der Waals surface area (Å²) in [4.78, 5) is 20.8. The Balaban J connectivity index is 1.82. The van der Waals surface area contributed by atoms with E-state index in [4.69, 9.17) is 4.84 Å². The molecule has 6 heteroatoms. The molecule has 0 bridgehead atoms. The fraction of sp³-hybridized carbons (Fsp3) is 0.571. The third-order valence-corrected chi connectivity index (χ3v) is 4.13.